The lowest BCUT2D eigenvalue weighted by Crippen LogP contribution is -2.06. The van der Waals surface area contributed by atoms with Crippen LogP contribution in [-0.2, 0) is 11.2 Å². The van der Waals surface area contributed by atoms with Crippen LogP contribution in [0, 0.1) is 6.92 Å². The van der Waals surface area contributed by atoms with E-state index in [1.165, 1.54) is 0 Å². The van der Waals surface area contributed by atoms with Crippen molar-refractivity contribution in [2.75, 3.05) is 11.9 Å². The van der Waals surface area contributed by atoms with Crippen molar-refractivity contribution in [2.45, 2.75) is 52.4 Å². The molecule has 0 amide bonds. The van der Waals surface area contributed by atoms with Crippen LogP contribution < -0.4 is 5.32 Å². The number of aromatic nitrogens is 2. The van der Waals surface area contributed by atoms with Gasteiger partial charge in [0.1, 0.15) is 11.6 Å². The van der Waals surface area contributed by atoms with Crippen molar-refractivity contribution in [3.05, 3.63) is 17.6 Å². The fourth-order valence-electron chi connectivity index (χ4n) is 1.87. The summed E-state index contributed by atoms with van der Waals surface area (Å²) >= 11 is 0. The fourth-order valence-corrected chi connectivity index (χ4v) is 1.87. The molecule has 0 aliphatic rings. The van der Waals surface area contributed by atoms with Gasteiger partial charge in [-0.3, -0.25) is 4.79 Å². The van der Waals surface area contributed by atoms with Crippen LogP contribution >= 0.6 is 0 Å². The monoisotopic (exact) mass is 265 g/mol. The van der Waals surface area contributed by atoms with E-state index in [0.29, 0.717) is 0 Å². The molecule has 0 radical (unpaired) electrons. The first-order valence-corrected chi connectivity index (χ1v) is 6.92. The quantitative estimate of drug-likeness (QED) is 0.671. The Kier molecular flexibility index (Phi) is 6.85. The van der Waals surface area contributed by atoms with E-state index in [2.05, 4.69) is 22.2 Å². The second-order valence-corrected chi connectivity index (χ2v) is 4.63. The number of unbranched alkanes of at least 4 members (excludes halogenated alkanes) is 3. The molecular weight excluding hydrogens is 242 g/mol. The zero-order valence-electron chi connectivity index (χ0n) is 11.8. The molecule has 1 heterocycles. The molecule has 0 atom stereocenters. The smallest absolute Gasteiger partial charge is 0.303 e. The van der Waals surface area contributed by atoms with Crippen molar-refractivity contribution in [1.82, 2.24) is 9.97 Å². The molecular formula is C14H23N3O2. The van der Waals surface area contributed by atoms with Crippen LogP contribution in [0.2, 0.25) is 0 Å². The number of hydrogen-bond acceptors (Lipinski definition) is 4. The normalized spacial score (nSPS) is 10.4. The Morgan fingerprint density at radius 2 is 2.00 bits per heavy atom. The Balaban J connectivity index is 2.18. The van der Waals surface area contributed by atoms with E-state index in [4.69, 9.17) is 5.11 Å². The molecule has 0 fully saturated rings. The molecule has 0 bridgehead atoms. The summed E-state index contributed by atoms with van der Waals surface area (Å²) in [5.41, 5.74) is 1.05. The van der Waals surface area contributed by atoms with Crippen LogP contribution in [-0.4, -0.2) is 27.6 Å². The molecule has 0 aliphatic heterocycles. The lowest BCUT2D eigenvalue weighted by molar-refractivity contribution is -0.137. The summed E-state index contributed by atoms with van der Waals surface area (Å²) in [6.45, 7) is 4.84. The van der Waals surface area contributed by atoms with Crippen molar-refractivity contribution in [1.29, 1.82) is 0 Å². The topological polar surface area (TPSA) is 75.1 Å². The number of rotatable bonds is 9. The second kappa shape index (κ2) is 8.45. The largest absolute Gasteiger partial charge is 0.481 e. The zero-order valence-corrected chi connectivity index (χ0v) is 11.8. The number of aliphatic carboxylic acids is 1. The molecule has 0 spiro atoms. The predicted octanol–water partition coefficient (Wildman–Crippen LogP) is 2.79. The van der Waals surface area contributed by atoms with Gasteiger partial charge in [0.2, 0.25) is 0 Å². The highest BCUT2D eigenvalue weighted by atomic mass is 16.4. The fraction of sp³-hybridized carbons (Fsp3) is 0.643. The third kappa shape index (κ3) is 6.74. The first-order chi connectivity index (χ1) is 9.11. The van der Waals surface area contributed by atoms with E-state index >= 15 is 0 Å². The first kappa shape index (κ1) is 15.4. The molecule has 1 aromatic rings. The standard InChI is InChI=1S/C14H23N3O2/c1-3-12-10-13(17-11(2)16-12)15-9-7-5-4-6-8-14(18)19/h10H,3-9H2,1-2H3,(H,18,19)(H,15,16,17). The SMILES string of the molecule is CCc1cc(NCCCCCCC(=O)O)nc(C)n1. The molecule has 0 saturated heterocycles. The van der Waals surface area contributed by atoms with Crippen LogP contribution in [0.25, 0.3) is 0 Å². The second-order valence-electron chi connectivity index (χ2n) is 4.63. The van der Waals surface area contributed by atoms with Gasteiger partial charge >= 0.3 is 5.97 Å². The van der Waals surface area contributed by atoms with E-state index in [1.54, 1.807) is 0 Å². The Morgan fingerprint density at radius 3 is 2.68 bits per heavy atom. The average molecular weight is 265 g/mol. The Morgan fingerprint density at radius 1 is 1.26 bits per heavy atom. The maximum Gasteiger partial charge on any atom is 0.303 e. The van der Waals surface area contributed by atoms with Gasteiger partial charge < -0.3 is 10.4 Å². The summed E-state index contributed by atoms with van der Waals surface area (Å²) < 4.78 is 0. The number of carboxylic acid groups (broad SMARTS) is 1. The molecule has 0 aliphatic carbocycles. The Labute approximate surface area is 114 Å². The highest BCUT2D eigenvalue weighted by Gasteiger charge is 2.00. The average Bonchev–Trinajstić information content (AvgIpc) is 2.36. The minimum atomic E-state index is -0.707. The highest BCUT2D eigenvalue weighted by molar-refractivity contribution is 5.66. The number of aryl methyl sites for hydroxylation is 2. The summed E-state index contributed by atoms with van der Waals surface area (Å²) in [5.74, 6) is 0.972. The van der Waals surface area contributed by atoms with Gasteiger partial charge in [0.25, 0.3) is 0 Å². The molecule has 0 saturated carbocycles. The summed E-state index contributed by atoms with van der Waals surface area (Å²) in [7, 11) is 0. The third-order valence-electron chi connectivity index (χ3n) is 2.88. The molecule has 2 N–H and O–H groups in total. The highest BCUT2D eigenvalue weighted by Crippen LogP contribution is 2.08. The van der Waals surface area contributed by atoms with E-state index in [0.717, 1.165) is 56.0 Å². The number of anilines is 1. The summed E-state index contributed by atoms with van der Waals surface area (Å²) in [5, 5.41) is 11.8. The minimum absolute atomic E-state index is 0.276. The van der Waals surface area contributed by atoms with Crippen molar-refractivity contribution in [2.24, 2.45) is 0 Å². The van der Waals surface area contributed by atoms with Crippen molar-refractivity contribution >= 4 is 11.8 Å². The van der Waals surface area contributed by atoms with Crippen molar-refractivity contribution in [3.8, 4) is 0 Å². The van der Waals surface area contributed by atoms with Gasteiger partial charge in [-0.15, -0.1) is 0 Å². The molecule has 5 nitrogen and oxygen atoms in total. The maximum absolute atomic E-state index is 10.3. The van der Waals surface area contributed by atoms with E-state index in [1.807, 2.05) is 13.0 Å². The van der Waals surface area contributed by atoms with Gasteiger partial charge in [0.05, 0.1) is 0 Å². The molecule has 1 aromatic heterocycles. The van der Waals surface area contributed by atoms with Gasteiger partial charge in [0.15, 0.2) is 0 Å². The van der Waals surface area contributed by atoms with Crippen LogP contribution in [0.15, 0.2) is 6.07 Å². The predicted molar refractivity (Wildman–Crippen MR) is 75.4 cm³/mol. The number of nitrogens with one attached hydrogen (secondary N) is 1. The van der Waals surface area contributed by atoms with Crippen LogP contribution in [0.5, 0.6) is 0 Å². The Bertz CT molecular complexity index is 408. The summed E-state index contributed by atoms with van der Waals surface area (Å²) in [4.78, 5) is 19.0. The van der Waals surface area contributed by atoms with Crippen LogP contribution in [0.4, 0.5) is 5.82 Å². The molecule has 5 heteroatoms. The summed E-state index contributed by atoms with van der Waals surface area (Å²) in [6, 6.07) is 1.98. The van der Waals surface area contributed by atoms with Crippen molar-refractivity contribution < 1.29 is 9.90 Å². The number of carboxylic acids is 1. The van der Waals surface area contributed by atoms with Gasteiger partial charge in [0, 0.05) is 24.7 Å². The van der Waals surface area contributed by atoms with Gasteiger partial charge in [-0.05, 0) is 26.2 Å². The zero-order chi connectivity index (χ0) is 14.1. The lowest BCUT2D eigenvalue weighted by Gasteiger charge is -2.07. The molecule has 1 rings (SSSR count). The molecule has 19 heavy (non-hydrogen) atoms. The lowest BCUT2D eigenvalue weighted by atomic mass is 10.1. The molecule has 0 aromatic carbocycles. The van der Waals surface area contributed by atoms with Crippen molar-refractivity contribution in [3.63, 3.8) is 0 Å². The van der Waals surface area contributed by atoms with Gasteiger partial charge in [-0.1, -0.05) is 19.8 Å². The maximum atomic E-state index is 10.3. The first-order valence-electron chi connectivity index (χ1n) is 6.92. The van der Waals surface area contributed by atoms with Gasteiger partial charge in [-0.2, -0.15) is 0 Å². The summed E-state index contributed by atoms with van der Waals surface area (Å²) in [6.07, 6.45) is 5.00. The van der Waals surface area contributed by atoms with Gasteiger partial charge in [-0.25, -0.2) is 9.97 Å². The number of hydrogen-bond donors (Lipinski definition) is 2. The minimum Gasteiger partial charge on any atom is -0.481 e. The number of carbonyl (C=O) groups is 1. The molecule has 106 valence electrons. The van der Waals surface area contributed by atoms with E-state index in [9.17, 15) is 4.79 Å². The van der Waals surface area contributed by atoms with Crippen LogP contribution in [0.1, 0.15) is 50.5 Å². The third-order valence-corrected chi connectivity index (χ3v) is 2.88. The number of nitrogens with zero attached hydrogens (tertiary/aromatic N) is 2. The van der Waals surface area contributed by atoms with E-state index < -0.39 is 5.97 Å². The van der Waals surface area contributed by atoms with E-state index in [-0.39, 0.29) is 6.42 Å². The molecule has 0 unspecified atom stereocenters. The Hall–Kier alpha value is -1.65. The van der Waals surface area contributed by atoms with Crippen LogP contribution in [0.3, 0.4) is 0 Å².